The van der Waals surface area contributed by atoms with Gasteiger partial charge in [-0.2, -0.15) is 9.97 Å². The van der Waals surface area contributed by atoms with Gasteiger partial charge < -0.3 is 20.3 Å². The molecule has 0 saturated carbocycles. The largest absolute Gasteiger partial charge is 0.481 e. The second kappa shape index (κ2) is 10.2. The zero-order chi connectivity index (χ0) is 19.8. The van der Waals surface area contributed by atoms with E-state index >= 15 is 0 Å². The van der Waals surface area contributed by atoms with Crippen molar-refractivity contribution in [3.63, 3.8) is 0 Å². The van der Waals surface area contributed by atoms with Crippen molar-refractivity contribution < 1.29 is 4.74 Å². The molecule has 1 fully saturated rings. The van der Waals surface area contributed by atoms with Crippen LogP contribution in [0.5, 0.6) is 5.88 Å². The second-order valence-corrected chi connectivity index (χ2v) is 7.66. The average Bonchev–Trinajstić information content (AvgIpc) is 2.71. The van der Waals surface area contributed by atoms with Crippen molar-refractivity contribution in [2.75, 3.05) is 37.0 Å². The highest BCUT2D eigenvalue weighted by atomic mass is 32.1. The molecular weight excluding hydrogens is 370 g/mol. The molecule has 0 unspecified atom stereocenters. The molecule has 2 heterocycles. The highest BCUT2D eigenvalue weighted by molar-refractivity contribution is 7.80. The van der Waals surface area contributed by atoms with Crippen LogP contribution in [-0.4, -0.2) is 41.8 Å². The molecule has 150 valence electrons. The molecule has 2 aromatic rings. The number of ether oxygens (including phenoxy) is 1. The van der Waals surface area contributed by atoms with Crippen molar-refractivity contribution in [2.24, 2.45) is 5.92 Å². The smallest absolute Gasteiger partial charge is 0.234 e. The molecule has 7 heteroatoms. The second-order valence-electron chi connectivity index (χ2n) is 7.26. The topological polar surface area (TPSA) is 62.3 Å². The Morgan fingerprint density at radius 2 is 2.11 bits per heavy atom. The number of thiocarbonyl (C=S) groups is 1. The summed E-state index contributed by atoms with van der Waals surface area (Å²) in [7, 11) is 1.62. The lowest BCUT2D eigenvalue weighted by Gasteiger charge is -2.32. The quantitative estimate of drug-likeness (QED) is 0.544. The van der Waals surface area contributed by atoms with Gasteiger partial charge in [0, 0.05) is 25.7 Å². The number of anilines is 2. The normalized spacial score (nSPS) is 16.5. The monoisotopic (exact) mass is 399 g/mol. The van der Waals surface area contributed by atoms with Gasteiger partial charge >= 0.3 is 0 Å². The molecule has 1 aliphatic heterocycles. The number of rotatable bonds is 7. The van der Waals surface area contributed by atoms with E-state index in [9.17, 15) is 0 Å². The van der Waals surface area contributed by atoms with Gasteiger partial charge in [0.2, 0.25) is 11.8 Å². The van der Waals surface area contributed by atoms with Crippen LogP contribution in [0.4, 0.5) is 11.8 Å². The molecule has 0 bridgehead atoms. The third-order valence-corrected chi connectivity index (χ3v) is 5.12. The molecule has 1 aromatic carbocycles. The number of methoxy groups -OCH3 is 1. The van der Waals surface area contributed by atoms with Crippen LogP contribution in [-0.2, 0) is 6.42 Å². The SMILES string of the molecule is COc1cc(N2CCC[C@H](C)C2)nc(NC(=S)NCCCc2ccccc2)n1. The first-order valence-corrected chi connectivity index (χ1v) is 10.3. The summed E-state index contributed by atoms with van der Waals surface area (Å²) in [5.74, 6) is 2.55. The van der Waals surface area contributed by atoms with Gasteiger partial charge in [0.1, 0.15) is 5.82 Å². The van der Waals surface area contributed by atoms with Gasteiger partial charge in [0.05, 0.1) is 7.11 Å². The first kappa shape index (κ1) is 20.3. The average molecular weight is 400 g/mol. The zero-order valence-corrected chi connectivity index (χ0v) is 17.5. The maximum Gasteiger partial charge on any atom is 0.234 e. The van der Waals surface area contributed by atoms with E-state index in [2.05, 4.69) is 56.7 Å². The summed E-state index contributed by atoms with van der Waals surface area (Å²) in [4.78, 5) is 11.3. The van der Waals surface area contributed by atoms with E-state index in [1.807, 2.05) is 12.1 Å². The lowest BCUT2D eigenvalue weighted by Crippen LogP contribution is -2.35. The van der Waals surface area contributed by atoms with Gasteiger partial charge in [0.25, 0.3) is 0 Å². The van der Waals surface area contributed by atoms with Crippen LogP contribution in [0.3, 0.4) is 0 Å². The van der Waals surface area contributed by atoms with Crippen LogP contribution in [0.25, 0.3) is 0 Å². The van der Waals surface area contributed by atoms with Crippen molar-refractivity contribution in [3.05, 3.63) is 42.0 Å². The lowest BCUT2D eigenvalue weighted by molar-refractivity contribution is 0.396. The molecule has 0 amide bonds. The van der Waals surface area contributed by atoms with Gasteiger partial charge in [-0.3, -0.25) is 0 Å². The summed E-state index contributed by atoms with van der Waals surface area (Å²) in [6, 6.07) is 12.3. The van der Waals surface area contributed by atoms with Crippen LogP contribution < -0.4 is 20.3 Å². The Morgan fingerprint density at radius 3 is 2.86 bits per heavy atom. The van der Waals surface area contributed by atoms with E-state index in [0.717, 1.165) is 38.3 Å². The number of nitrogens with zero attached hydrogens (tertiary/aromatic N) is 3. The Balaban J connectivity index is 1.53. The van der Waals surface area contributed by atoms with Gasteiger partial charge in [-0.15, -0.1) is 0 Å². The van der Waals surface area contributed by atoms with Crippen LogP contribution in [0.15, 0.2) is 36.4 Å². The van der Waals surface area contributed by atoms with Gasteiger partial charge in [-0.25, -0.2) is 0 Å². The molecule has 1 aromatic heterocycles. The first-order valence-electron chi connectivity index (χ1n) is 9.91. The predicted octanol–water partition coefficient (Wildman–Crippen LogP) is 3.64. The van der Waals surface area contributed by atoms with Gasteiger partial charge in [-0.05, 0) is 49.4 Å². The first-order chi connectivity index (χ1) is 13.6. The maximum absolute atomic E-state index is 5.41. The highest BCUT2D eigenvalue weighted by Crippen LogP contribution is 2.25. The summed E-state index contributed by atoms with van der Waals surface area (Å²) in [5.41, 5.74) is 1.33. The zero-order valence-electron chi connectivity index (χ0n) is 16.6. The number of aromatic nitrogens is 2. The molecule has 0 aliphatic carbocycles. The molecule has 6 nitrogen and oxygen atoms in total. The summed E-state index contributed by atoms with van der Waals surface area (Å²) in [6.45, 7) is 5.08. The molecule has 1 atom stereocenters. The molecule has 0 radical (unpaired) electrons. The Labute approximate surface area is 172 Å². The van der Waals surface area contributed by atoms with Gasteiger partial charge in [-0.1, -0.05) is 37.3 Å². The number of piperidine rings is 1. The summed E-state index contributed by atoms with van der Waals surface area (Å²) in [5, 5.41) is 6.86. The van der Waals surface area contributed by atoms with E-state index in [4.69, 9.17) is 17.0 Å². The molecule has 1 saturated heterocycles. The molecule has 1 aliphatic rings. The van der Waals surface area contributed by atoms with Crippen molar-refractivity contribution in [2.45, 2.75) is 32.6 Å². The Hall–Kier alpha value is -2.41. The minimum atomic E-state index is 0.466. The van der Waals surface area contributed by atoms with Crippen LogP contribution in [0.2, 0.25) is 0 Å². The lowest BCUT2D eigenvalue weighted by atomic mass is 10.0. The molecular formula is C21H29N5OS. The van der Waals surface area contributed by atoms with Crippen LogP contribution >= 0.6 is 12.2 Å². The number of nitrogens with one attached hydrogen (secondary N) is 2. The van der Waals surface area contributed by atoms with E-state index in [0.29, 0.717) is 22.9 Å². The standard InChI is InChI=1S/C21H29N5OS/c1-16-8-7-13-26(15-16)18-14-19(27-2)24-20(23-18)25-21(28)22-12-6-11-17-9-4-3-5-10-17/h3-5,9-10,14,16H,6-8,11-13,15H2,1-2H3,(H2,22,23,24,25,28)/t16-/m0/s1. The fourth-order valence-corrected chi connectivity index (χ4v) is 3.61. The Kier molecular flexibility index (Phi) is 7.42. The van der Waals surface area contributed by atoms with E-state index in [1.54, 1.807) is 7.11 Å². The Morgan fingerprint density at radius 1 is 1.29 bits per heavy atom. The minimum Gasteiger partial charge on any atom is -0.481 e. The number of aryl methyl sites for hydroxylation is 1. The molecule has 2 N–H and O–H groups in total. The van der Waals surface area contributed by atoms with Crippen LogP contribution in [0.1, 0.15) is 31.7 Å². The summed E-state index contributed by atoms with van der Waals surface area (Å²) in [6.07, 6.45) is 4.46. The Bertz CT molecular complexity index is 771. The van der Waals surface area contributed by atoms with Gasteiger partial charge in [0.15, 0.2) is 5.11 Å². The molecule has 0 spiro atoms. The van der Waals surface area contributed by atoms with E-state index in [-0.39, 0.29) is 0 Å². The van der Waals surface area contributed by atoms with E-state index in [1.165, 1.54) is 18.4 Å². The predicted molar refractivity (Wildman–Crippen MR) is 118 cm³/mol. The summed E-state index contributed by atoms with van der Waals surface area (Å²) < 4.78 is 5.36. The van der Waals surface area contributed by atoms with Crippen molar-refractivity contribution >= 4 is 29.1 Å². The molecule has 28 heavy (non-hydrogen) atoms. The fourth-order valence-electron chi connectivity index (χ4n) is 3.42. The van der Waals surface area contributed by atoms with Crippen molar-refractivity contribution in [1.29, 1.82) is 0 Å². The summed E-state index contributed by atoms with van der Waals surface area (Å²) >= 11 is 5.41. The number of hydrogen-bond donors (Lipinski definition) is 2. The van der Waals surface area contributed by atoms with Crippen LogP contribution in [0, 0.1) is 5.92 Å². The van der Waals surface area contributed by atoms with Crippen molar-refractivity contribution in [3.8, 4) is 5.88 Å². The third kappa shape index (κ3) is 6.05. The van der Waals surface area contributed by atoms with E-state index < -0.39 is 0 Å². The minimum absolute atomic E-state index is 0.466. The third-order valence-electron chi connectivity index (χ3n) is 4.88. The van der Waals surface area contributed by atoms with Crippen molar-refractivity contribution in [1.82, 2.24) is 15.3 Å². The molecule has 3 rings (SSSR count). The maximum atomic E-state index is 5.41. The number of benzene rings is 1. The highest BCUT2D eigenvalue weighted by Gasteiger charge is 2.19. The fraction of sp³-hybridized carbons (Fsp3) is 0.476. The number of hydrogen-bond acceptors (Lipinski definition) is 5.